The van der Waals surface area contributed by atoms with E-state index in [2.05, 4.69) is 15.0 Å². The Balaban J connectivity index is 1.92. The van der Waals surface area contributed by atoms with Crippen LogP contribution in [0.25, 0.3) is 10.9 Å². The molecule has 19 heavy (non-hydrogen) atoms. The average Bonchev–Trinajstić information content (AvgIpc) is 2.47. The lowest BCUT2D eigenvalue weighted by atomic mass is 10.2. The highest BCUT2D eigenvalue weighted by atomic mass is 16.5. The fourth-order valence-corrected chi connectivity index (χ4v) is 1.74. The van der Waals surface area contributed by atoms with E-state index in [0.29, 0.717) is 17.3 Å². The van der Waals surface area contributed by atoms with Crippen molar-refractivity contribution in [3.8, 4) is 11.6 Å². The third-order valence-corrected chi connectivity index (χ3v) is 2.61. The molecule has 0 fully saturated rings. The molecule has 2 aromatic heterocycles. The highest BCUT2D eigenvalue weighted by Crippen LogP contribution is 2.22. The van der Waals surface area contributed by atoms with E-state index in [1.54, 1.807) is 6.20 Å². The minimum atomic E-state index is -0.166. The maximum atomic E-state index is 9.00. The van der Waals surface area contributed by atoms with Crippen LogP contribution in [0.4, 0.5) is 0 Å². The van der Waals surface area contributed by atoms with E-state index in [1.165, 1.54) is 12.4 Å². The number of rotatable bonds is 3. The van der Waals surface area contributed by atoms with Gasteiger partial charge in [0.2, 0.25) is 5.88 Å². The molecule has 0 aliphatic rings. The molecule has 3 aromatic rings. The number of aromatic nitrogens is 3. The van der Waals surface area contributed by atoms with Gasteiger partial charge in [-0.15, -0.1) is 0 Å². The van der Waals surface area contributed by atoms with E-state index >= 15 is 0 Å². The molecule has 3 rings (SSSR count). The summed E-state index contributed by atoms with van der Waals surface area (Å²) in [6.07, 6.45) is 4.62. The van der Waals surface area contributed by atoms with Crippen LogP contribution >= 0.6 is 0 Å². The second kappa shape index (κ2) is 4.99. The minimum absolute atomic E-state index is 0.166. The fraction of sp³-hybridized carbons (Fsp3) is 0.0714. The van der Waals surface area contributed by atoms with Gasteiger partial charge in [-0.2, -0.15) is 0 Å². The minimum Gasteiger partial charge on any atom is -0.436 e. The van der Waals surface area contributed by atoms with Crippen molar-refractivity contribution >= 4 is 10.9 Å². The Labute approximate surface area is 109 Å². The van der Waals surface area contributed by atoms with Gasteiger partial charge in [0.1, 0.15) is 5.75 Å². The average molecular weight is 253 g/mol. The van der Waals surface area contributed by atoms with Crippen LogP contribution in [0.1, 0.15) is 5.69 Å². The quantitative estimate of drug-likeness (QED) is 0.775. The normalized spacial score (nSPS) is 10.6. The Morgan fingerprint density at radius 3 is 2.89 bits per heavy atom. The van der Waals surface area contributed by atoms with Crippen LogP contribution in [-0.2, 0) is 6.61 Å². The molecule has 2 heterocycles. The van der Waals surface area contributed by atoms with Crippen molar-refractivity contribution in [1.82, 2.24) is 15.0 Å². The Kier molecular flexibility index (Phi) is 3.04. The number of pyridine rings is 1. The molecule has 0 saturated carbocycles. The lowest BCUT2D eigenvalue weighted by Crippen LogP contribution is -1.95. The van der Waals surface area contributed by atoms with Gasteiger partial charge in [-0.3, -0.25) is 9.97 Å². The highest BCUT2D eigenvalue weighted by Gasteiger charge is 2.03. The first kappa shape index (κ1) is 11.6. The van der Waals surface area contributed by atoms with Gasteiger partial charge in [0.05, 0.1) is 36.4 Å². The number of hydrogen-bond donors (Lipinski definition) is 1. The van der Waals surface area contributed by atoms with Crippen LogP contribution in [0.2, 0.25) is 0 Å². The van der Waals surface area contributed by atoms with E-state index in [0.717, 1.165) is 10.9 Å². The number of benzene rings is 1. The summed E-state index contributed by atoms with van der Waals surface area (Å²) in [6, 6.07) is 9.66. The molecule has 0 aliphatic heterocycles. The van der Waals surface area contributed by atoms with Crippen molar-refractivity contribution in [2.75, 3.05) is 0 Å². The highest BCUT2D eigenvalue weighted by molar-refractivity contribution is 5.79. The Bertz CT molecular complexity index is 716. The van der Waals surface area contributed by atoms with Crippen molar-refractivity contribution in [1.29, 1.82) is 0 Å². The van der Waals surface area contributed by atoms with Crippen molar-refractivity contribution in [2.45, 2.75) is 6.61 Å². The van der Waals surface area contributed by atoms with Crippen LogP contribution in [0.3, 0.4) is 0 Å². The molecule has 0 atom stereocenters. The van der Waals surface area contributed by atoms with Gasteiger partial charge in [0.25, 0.3) is 0 Å². The van der Waals surface area contributed by atoms with Gasteiger partial charge < -0.3 is 9.84 Å². The fourth-order valence-electron chi connectivity index (χ4n) is 1.74. The van der Waals surface area contributed by atoms with Crippen LogP contribution in [0, 0.1) is 0 Å². The summed E-state index contributed by atoms with van der Waals surface area (Å²) in [7, 11) is 0. The van der Waals surface area contributed by atoms with Crippen molar-refractivity contribution < 1.29 is 9.84 Å². The van der Waals surface area contributed by atoms with E-state index in [-0.39, 0.29) is 6.61 Å². The summed E-state index contributed by atoms with van der Waals surface area (Å²) >= 11 is 0. The third-order valence-electron chi connectivity index (χ3n) is 2.61. The Morgan fingerprint density at radius 2 is 2.00 bits per heavy atom. The van der Waals surface area contributed by atoms with Crippen LogP contribution in [-0.4, -0.2) is 20.1 Å². The first-order valence-corrected chi connectivity index (χ1v) is 5.79. The molecule has 0 unspecified atom stereocenters. The second-order valence-corrected chi connectivity index (χ2v) is 3.97. The zero-order chi connectivity index (χ0) is 13.1. The molecule has 0 amide bonds. The number of ether oxygens (including phenoxy) is 1. The first-order valence-electron chi connectivity index (χ1n) is 5.79. The Hall–Kier alpha value is -2.53. The van der Waals surface area contributed by atoms with Crippen LogP contribution in [0.15, 0.2) is 48.9 Å². The summed E-state index contributed by atoms with van der Waals surface area (Å²) in [5.74, 6) is 0.923. The summed E-state index contributed by atoms with van der Waals surface area (Å²) < 4.78 is 5.58. The summed E-state index contributed by atoms with van der Waals surface area (Å²) in [6.45, 7) is -0.166. The van der Waals surface area contributed by atoms with Crippen LogP contribution < -0.4 is 4.74 Å². The lowest BCUT2D eigenvalue weighted by Gasteiger charge is -2.05. The molecule has 0 saturated heterocycles. The largest absolute Gasteiger partial charge is 0.436 e. The standard InChI is InChI=1S/C14H11N3O2/c18-9-11-6-15-8-14(17-11)19-12-5-10-3-1-2-4-13(10)16-7-12/h1-8,18H,9H2. The summed E-state index contributed by atoms with van der Waals surface area (Å²) in [5, 5.41) is 9.99. The van der Waals surface area contributed by atoms with Gasteiger partial charge in [-0.05, 0) is 12.1 Å². The van der Waals surface area contributed by atoms with E-state index in [4.69, 9.17) is 9.84 Å². The molecule has 0 radical (unpaired) electrons. The number of nitrogens with zero attached hydrogens (tertiary/aromatic N) is 3. The zero-order valence-corrected chi connectivity index (χ0v) is 10.0. The molecule has 1 N–H and O–H groups in total. The SMILES string of the molecule is OCc1cncc(Oc2cnc3ccccc3c2)n1. The predicted molar refractivity (Wildman–Crippen MR) is 69.8 cm³/mol. The van der Waals surface area contributed by atoms with Crippen molar-refractivity contribution in [3.05, 3.63) is 54.6 Å². The van der Waals surface area contributed by atoms with E-state index < -0.39 is 0 Å². The molecule has 0 bridgehead atoms. The Morgan fingerprint density at radius 1 is 1.11 bits per heavy atom. The van der Waals surface area contributed by atoms with Gasteiger partial charge >= 0.3 is 0 Å². The molecule has 5 nitrogen and oxygen atoms in total. The molecular weight excluding hydrogens is 242 g/mol. The number of aliphatic hydroxyl groups is 1. The molecule has 1 aromatic carbocycles. The van der Waals surface area contributed by atoms with E-state index in [1.807, 2.05) is 30.3 Å². The smallest absolute Gasteiger partial charge is 0.238 e. The van der Waals surface area contributed by atoms with Gasteiger partial charge in [0.15, 0.2) is 0 Å². The first-order chi connectivity index (χ1) is 9.35. The molecular formula is C14H11N3O2. The zero-order valence-electron chi connectivity index (χ0n) is 10.0. The predicted octanol–water partition coefficient (Wildman–Crippen LogP) is 2.31. The molecule has 0 aliphatic carbocycles. The van der Waals surface area contributed by atoms with E-state index in [9.17, 15) is 0 Å². The molecule has 0 spiro atoms. The molecule has 5 heteroatoms. The van der Waals surface area contributed by atoms with Gasteiger partial charge in [0, 0.05) is 5.39 Å². The topological polar surface area (TPSA) is 68.1 Å². The second-order valence-electron chi connectivity index (χ2n) is 3.97. The summed E-state index contributed by atoms with van der Waals surface area (Å²) in [4.78, 5) is 12.3. The van der Waals surface area contributed by atoms with Crippen LogP contribution in [0.5, 0.6) is 11.6 Å². The van der Waals surface area contributed by atoms with Gasteiger partial charge in [-0.1, -0.05) is 18.2 Å². The third kappa shape index (κ3) is 2.51. The number of para-hydroxylation sites is 1. The monoisotopic (exact) mass is 253 g/mol. The maximum Gasteiger partial charge on any atom is 0.238 e. The number of aliphatic hydroxyl groups excluding tert-OH is 1. The number of hydrogen-bond acceptors (Lipinski definition) is 5. The number of fused-ring (bicyclic) bond motifs is 1. The summed E-state index contributed by atoms with van der Waals surface area (Å²) in [5.41, 5.74) is 1.37. The van der Waals surface area contributed by atoms with Gasteiger partial charge in [-0.25, -0.2) is 4.98 Å². The van der Waals surface area contributed by atoms with Crippen molar-refractivity contribution in [3.63, 3.8) is 0 Å². The molecule has 94 valence electrons. The lowest BCUT2D eigenvalue weighted by molar-refractivity contribution is 0.274. The maximum absolute atomic E-state index is 9.00. The van der Waals surface area contributed by atoms with Crippen molar-refractivity contribution in [2.24, 2.45) is 0 Å².